The van der Waals surface area contributed by atoms with Crippen molar-refractivity contribution in [1.29, 1.82) is 5.26 Å². The third-order valence-corrected chi connectivity index (χ3v) is 6.11. The van der Waals surface area contributed by atoms with Gasteiger partial charge in [0.25, 0.3) is 5.56 Å². The van der Waals surface area contributed by atoms with Crippen molar-refractivity contribution >= 4 is 33.3 Å². The maximum absolute atomic E-state index is 13.2. The molecule has 3 heterocycles. The van der Waals surface area contributed by atoms with E-state index in [1.165, 1.54) is 22.2 Å². The lowest BCUT2D eigenvalue weighted by molar-refractivity contribution is -0.116. The summed E-state index contributed by atoms with van der Waals surface area (Å²) in [6.45, 7) is 2.55. The van der Waals surface area contributed by atoms with Crippen LogP contribution < -0.4 is 15.6 Å². The van der Waals surface area contributed by atoms with Gasteiger partial charge in [-0.3, -0.25) is 14.2 Å². The first kappa shape index (κ1) is 23.1. The Bertz CT molecular complexity index is 1400. The summed E-state index contributed by atoms with van der Waals surface area (Å²) in [5.74, 6) is 0.455. The van der Waals surface area contributed by atoms with Gasteiger partial charge >= 0.3 is 0 Å². The number of rotatable bonds is 9. The molecule has 0 radical (unpaired) electrons. The number of ether oxygens (including phenoxy) is 1. The Morgan fingerprint density at radius 2 is 2.06 bits per heavy atom. The van der Waals surface area contributed by atoms with Gasteiger partial charge in [0.05, 0.1) is 24.4 Å². The molecule has 8 nitrogen and oxygen atoms in total. The van der Waals surface area contributed by atoms with Crippen LogP contribution in [-0.2, 0) is 11.3 Å². The number of aryl methyl sites for hydroxylation is 2. The van der Waals surface area contributed by atoms with E-state index in [-0.39, 0.29) is 24.4 Å². The van der Waals surface area contributed by atoms with Gasteiger partial charge in [0.15, 0.2) is 11.6 Å². The van der Waals surface area contributed by atoms with E-state index in [2.05, 4.69) is 21.4 Å². The minimum absolute atomic E-state index is 0.0710. The van der Waals surface area contributed by atoms with Crippen LogP contribution in [0.2, 0.25) is 0 Å². The number of anilines is 1. The molecule has 0 bridgehead atoms. The van der Waals surface area contributed by atoms with Crippen molar-refractivity contribution in [2.24, 2.45) is 0 Å². The van der Waals surface area contributed by atoms with E-state index in [0.717, 1.165) is 16.7 Å². The summed E-state index contributed by atoms with van der Waals surface area (Å²) in [7, 11) is 0. The molecule has 34 heavy (non-hydrogen) atoms. The van der Waals surface area contributed by atoms with Crippen LogP contribution in [0.5, 0.6) is 5.75 Å². The highest BCUT2D eigenvalue weighted by Gasteiger charge is 2.15. The molecule has 1 amide bonds. The van der Waals surface area contributed by atoms with E-state index < -0.39 is 0 Å². The number of benzene rings is 1. The molecular formula is C25H23N5O3S. The molecule has 0 atom stereocenters. The summed E-state index contributed by atoms with van der Waals surface area (Å²) in [5.41, 5.74) is 2.79. The average Bonchev–Trinajstić information content (AvgIpc) is 3.28. The van der Waals surface area contributed by atoms with Crippen molar-refractivity contribution < 1.29 is 9.53 Å². The summed E-state index contributed by atoms with van der Waals surface area (Å²) in [5, 5.41) is 13.9. The van der Waals surface area contributed by atoms with Crippen molar-refractivity contribution in [3.05, 3.63) is 70.2 Å². The number of pyridine rings is 1. The maximum Gasteiger partial charge on any atom is 0.262 e. The summed E-state index contributed by atoms with van der Waals surface area (Å²) in [6, 6.07) is 13.5. The van der Waals surface area contributed by atoms with Gasteiger partial charge in [-0.1, -0.05) is 29.8 Å². The van der Waals surface area contributed by atoms with Crippen molar-refractivity contribution in [3.63, 3.8) is 0 Å². The van der Waals surface area contributed by atoms with Crippen LogP contribution >= 0.6 is 11.3 Å². The Kier molecular flexibility index (Phi) is 7.30. The number of carbonyl (C=O) groups excluding carboxylic acids is 1. The number of hydrogen-bond acceptors (Lipinski definition) is 7. The van der Waals surface area contributed by atoms with E-state index in [9.17, 15) is 9.59 Å². The van der Waals surface area contributed by atoms with E-state index in [1.54, 1.807) is 18.3 Å². The second kappa shape index (κ2) is 10.7. The number of fused-ring (bicyclic) bond motifs is 1. The van der Waals surface area contributed by atoms with Crippen molar-refractivity contribution in [1.82, 2.24) is 14.5 Å². The zero-order chi connectivity index (χ0) is 23.9. The molecule has 4 aromatic rings. The van der Waals surface area contributed by atoms with Crippen LogP contribution in [0.1, 0.15) is 24.8 Å². The number of aromatic nitrogens is 3. The predicted molar refractivity (Wildman–Crippen MR) is 132 cm³/mol. The Hall–Kier alpha value is -4.03. The number of hydrogen-bond donors (Lipinski definition) is 1. The number of unbranched alkanes of at least 4 members (excludes halogenated alkanes) is 1. The zero-order valence-electron chi connectivity index (χ0n) is 18.7. The summed E-state index contributed by atoms with van der Waals surface area (Å²) >= 11 is 1.43. The lowest BCUT2D eigenvalue weighted by atomic mass is 10.1. The Morgan fingerprint density at radius 3 is 2.85 bits per heavy atom. The lowest BCUT2D eigenvalue weighted by Gasteiger charge is -2.11. The molecule has 0 saturated heterocycles. The van der Waals surface area contributed by atoms with Gasteiger partial charge in [-0.05, 0) is 31.0 Å². The monoisotopic (exact) mass is 473 g/mol. The predicted octanol–water partition coefficient (Wildman–Crippen LogP) is 4.54. The van der Waals surface area contributed by atoms with Gasteiger partial charge in [-0.15, -0.1) is 11.3 Å². The van der Waals surface area contributed by atoms with Gasteiger partial charge in [0.1, 0.15) is 4.83 Å². The van der Waals surface area contributed by atoms with Crippen molar-refractivity contribution in [2.45, 2.75) is 32.7 Å². The fourth-order valence-corrected chi connectivity index (χ4v) is 4.33. The molecule has 3 aromatic heterocycles. The first-order chi connectivity index (χ1) is 16.6. The molecule has 9 heteroatoms. The number of nitriles is 1. The maximum atomic E-state index is 13.2. The normalized spacial score (nSPS) is 10.7. The van der Waals surface area contributed by atoms with Crippen LogP contribution in [0.25, 0.3) is 21.3 Å². The number of nitrogens with zero attached hydrogens (tertiary/aromatic N) is 4. The molecule has 0 saturated carbocycles. The van der Waals surface area contributed by atoms with Crippen molar-refractivity contribution in [2.75, 3.05) is 11.9 Å². The minimum Gasteiger partial charge on any atom is -0.490 e. The Labute approximate surface area is 200 Å². The summed E-state index contributed by atoms with van der Waals surface area (Å²) < 4.78 is 7.09. The molecule has 0 aliphatic heterocycles. The van der Waals surface area contributed by atoms with Gasteiger partial charge in [-0.25, -0.2) is 9.97 Å². The smallest absolute Gasteiger partial charge is 0.262 e. The average molecular weight is 474 g/mol. The van der Waals surface area contributed by atoms with E-state index in [4.69, 9.17) is 10.00 Å². The van der Waals surface area contributed by atoms with Crippen molar-refractivity contribution in [3.8, 4) is 22.9 Å². The molecule has 0 unspecified atom stereocenters. The highest BCUT2D eigenvalue weighted by Crippen LogP contribution is 2.30. The lowest BCUT2D eigenvalue weighted by Crippen LogP contribution is -2.24. The van der Waals surface area contributed by atoms with E-state index in [1.807, 2.05) is 36.6 Å². The fourth-order valence-electron chi connectivity index (χ4n) is 3.42. The standard InChI is InChI=1S/C25H23N5O3S/c1-17-6-8-18(9-7-17)19-15-34-24-22(19)25(32)30(16-28-24)13-10-21(31)29-23-20(5-4-12-27-23)33-14-3-2-11-26/h4-9,12,15-16H,2-3,10,13-14H2,1H3,(H,27,29,31). The van der Waals surface area contributed by atoms with Gasteiger partial charge in [-0.2, -0.15) is 5.26 Å². The molecule has 1 aromatic carbocycles. The van der Waals surface area contributed by atoms with Gasteiger partial charge in [0, 0.05) is 36.5 Å². The second-order valence-corrected chi connectivity index (χ2v) is 8.56. The third kappa shape index (κ3) is 5.30. The van der Waals surface area contributed by atoms with Crippen LogP contribution in [0.3, 0.4) is 0 Å². The highest BCUT2D eigenvalue weighted by atomic mass is 32.1. The summed E-state index contributed by atoms with van der Waals surface area (Å²) in [6.07, 6.45) is 4.10. The molecule has 0 fully saturated rings. The molecule has 0 aliphatic carbocycles. The molecule has 172 valence electrons. The Morgan fingerprint density at radius 1 is 1.24 bits per heavy atom. The molecule has 0 aliphatic rings. The molecular weight excluding hydrogens is 450 g/mol. The highest BCUT2D eigenvalue weighted by molar-refractivity contribution is 7.17. The number of nitrogens with one attached hydrogen (secondary N) is 1. The quantitative estimate of drug-likeness (QED) is 0.357. The topological polar surface area (TPSA) is 110 Å². The van der Waals surface area contributed by atoms with E-state index in [0.29, 0.717) is 41.2 Å². The van der Waals surface area contributed by atoms with Gasteiger partial charge in [0.2, 0.25) is 5.91 Å². The first-order valence-electron chi connectivity index (χ1n) is 10.8. The first-order valence-corrected chi connectivity index (χ1v) is 11.7. The van der Waals surface area contributed by atoms with Crippen LogP contribution in [0.4, 0.5) is 5.82 Å². The third-order valence-electron chi connectivity index (χ3n) is 5.22. The molecule has 4 rings (SSSR count). The minimum atomic E-state index is -0.295. The van der Waals surface area contributed by atoms with Crippen LogP contribution in [0, 0.1) is 18.3 Å². The zero-order valence-corrected chi connectivity index (χ0v) is 19.5. The number of thiophene rings is 1. The molecule has 0 spiro atoms. The Balaban J connectivity index is 1.46. The number of amides is 1. The largest absolute Gasteiger partial charge is 0.490 e. The van der Waals surface area contributed by atoms with E-state index >= 15 is 0 Å². The fraction of sp³-hybridized carbons (Fsp3) is 0.240. The van der Waals surface area contributed by atoms with Crippen LogP contribution in [0.15, 0.2) is 59.1 Å². The summed E-state index contributed by atoms with van der Waals surface area (Å²) in [4.78, 5) is 35.0. The second-order valence-electron chi connectivity index (χ2n) is 7.70. The van der Waals surface area contributed by atoms with Gasteiger partial charge < -0.3 is 10.1 Å². The van der Waals surface area contributed by atoms with Crippen LogP contribution in [-0.4, -0.2) is 27.0 Å². The number of carbonyl (C=O) groups is 1. The molecule has 1 N–H and O–H groups in total. The SMILES string of the molecule is Cc1ccc(-c2csc3ncn(CCC(=O)Nc4ncccc4OCCCC#N)c(=O)c23)cc1.